The largest absolute Gasteiger partial charge is 0.457 e. The monoisotopic (exact) mass is 482 g/mol. The van der Waals surface area contributed by atoms with Crippen molar-refractivity contribution < 1.29 is 14.0 Å². The highest BCUT2D eigenvalue weighted by atomic mass is 35.5. The van der Waals surface area contributed by atoms with Gasteiger partial charge in [-0.25, -0.2) is 0 Å². The van der Waals surface area contributed by atoms with Crippen molar-refractivity contribution in [3.8, 4) is 11.3 Å². The maximum absolute atomic E-state index is 13.3. The topological polar surface area (TPSA) is 62.6 Å². The highest BCUT2D eigenvalue weighted by Crippen LogP contribution is 2.32. The number of rotatable bonds is 5. The lowest BCUT2D eigenvalue weighted by molar-refractivity contribution is -0.128. The van der Waals surface area contributed by atoms with Gasteiger partial charge in [-0.1, -0.05) is 40.9 Å². The Morgan fingerprint density at radius 3 is 2.42 bits per heavy atom. The summed E-state index contributed by atoms with van der Waals surface area (Å²) in [6.45, 7) is 3.28. The molecule has 2 amide bonds. The molecule has 7 heteroatoms. The number of nitrogens with zero attached hydrogens (tertiary/aromatic N) is 1. The van der Waals surface area contributed by atoms with Crippen LogP contribution in [0, 0.1) is 6.92 Å². The third-order valence-electron chi connectivity index (χ3n) is 5.54. The Kier molecular flexibility index (Phi) is 7.21. The maximum atomic E-state index is 13.3. The Hall–Kier alpha value is -3.02. The van der Waals surface area contributed by atoms with Crippen LogP contribution in [0.3, 0.4) is 0 Å². The van der Waals surface area contributed by atoms with E-state index in [1.54, 1.807) is 53.4 Å². The van der Waals surface area contributed by atoms with E-state index in [9.17, 15) is 9.59 Å². The molecular weight excluding hydrogens is 459 g/mol. The van der Waals surface area contributed by atoms with Crippen molar-refractivity contribution >= 4 is 41.1 Å². The van der Waals surface area contributed by atoms with Gasteiger partial charge in [0.1, 0.15) is 17.2 Å². The summed E-state index contributed by atoms with van der Waals surface area (Å²) in [5.74, 6) is 0.360. The van der Waals surface area contributed by atoms with Gasteiger partial charge >= 0.3 is 0 Å². The molecule has 4 rings (SSSR count). The quantitative estimate of drug-likeness (QED) is 0.431. The van der Waals surface area contributed by atoms with Crippen molar-refractivity contribution in [1.29, 1.82) is 0 Å². The SMILES string of the molecule is Cc1ccc(C(=O)N/C(=C\c2ccc(-c3cc(Cl)ccc3Cl)o2)C(=O)N2CCCCC2)cc1. The number of amides is 2. The molecule has 0 spiro atoms. The van der Waals surface area contributed by atoms with E-state index in [1.165, 1.54) is 0 Å². The average molecular weight is 483 g/mol. The molecule has 5 nitrogen and oxygen atoms in total. The number of hydrogen-bond acceptors (Lipinski definition) is 3. The van der Waals surface area contributed by atoms with Crippen LogP contribution in [0.1, 0.15) is 40.9 Å². The first-order valence-corrected chi connectivity index (χ1v) is 11.6. The van der Waals surface area contributed by atoms with Gasteiger partial charge < -0.3 is 14.6 Å². The average Bonchev–Trinajstić information content (AvgIpc) is 3.29. The van der Waals surface area contributed by atoms with Crippen molar-refractivity contribution in [2.24, 2.45) is 0 Å². The maximum Gasteiger partial charge on any atom is 0.270 e. The lowest BCUT2D eigenvalue weighted by Gasteiger charge is -2.27. The van der Waals surface area contributed by atoms with Crippen LogP contribution in [0.2, 0.25) is 10.0 Å². The molecule has 0 aliphatic carbocycles. The number of aryl methyl sites for hydroxylation is 1. The van der Waals surface area contributed by atoms with Crippen LogP contribution in [0.15, 0.2) is 64.7 Å². The highest BCUT2D eigenvalue weighted by molar-refractivity contribution is 6.35. The zero-order valence-electron chi connectivity index (χ0n) is 18.2. The molecule has 0 atom stereocenters. The van der Waals surface area contributed by atoms with Crippen LogP contribution in [-0.4, -0.2) is 29.8 Å². The summed E-state index contributed by atoms with van der Waals surface area (Å²) >= 11 is 12.4. The van der Waals surface area contributed by atoms with Gasteiger partial charge in [-0.15, -0.1) is 0 Å². The third kappa shape index (κ3) is 5.67. The van der Waals surface area contributed by atoms with Crippen LogP contribution >= 0.6 is 23.2 Å². The van der Waals surface area contributed by atoms with Crippen molar-refractivity contribution in [3.63, 3.8) is 0 Å². The van der Waals surface area contributed by atoms with Crippen molar-refractivity contribution in [2.75, 3.05) is 13.1 Å². The number of piperidine rings is 1. The van der Waals surface area contributed by atoms with Crippen LogP contribution in [0.5, 0.6) is 0 Å². The van der Waals surface area contributed by atoms with Gasteiger partial charge in [0, 0.05) is 35.3 Å². The van der Waals surface area contributed by atoms with Crippen LogP contribution in [-0.2, 0) is 4.79 Å². The van der Waals surface area contributed by atoms with E-state index in [0.717, 1.165) is 24.8 Å². The summed E-state index contributed by atoms with van der Waals surface area (Å²) in [7, 11) is 0. The fourth-order valence-corrected chi connectivity index (χ4v) is 4.10. The number of halogens is 2. The molecule has 1 aromatic heterocycles. The predicted molar refractivity (Wildman–Crippen MR) is 131 cm³/mol. The number of nitrogens with one attached hydrogen (secondary N) is 1. The zero-order chi connectivity index (χ0) is 23.4. The summed E-state index contributed by atoms with van der Waals surface area (Å²) in [6, 6.07) is 15.8. The minimum absolute atomic E-state index is 0.167. The Bertz CT molecular complexity index is 1190. The van der Waals surface area contributed by atoms with Gasteiger partial charge in [0.2, 0.25) is 0 Å². The van der Waals surface area contributed by atoms with Gasteiger partial charge in [-0.05, 0) is 68.7 Å². The van der Waals surface area contributed by atoms with Crippen LogP contribution < -0.4 is 5.32 Å². The number of benzene rings is 2. The van der Waals surface area contributed by atoms with Crippen molar-refractivity contribution in [3.05, 3.63) is 87.2 Å². The minimum Gasteiger partial charge on any atom is -0.457 e. The summed E-state index contributed by atoms with van der Waals surface area (Å²) < 4.78 is 5.94. The summed E-state index contributed by atoms with van der Waals surface area (Å²) in [4.78, 5) is 27.9. The molecule has 2 aromatic carbocycles. The number of hydrogen-bond donors (Lipinski definition) is 1. The Labute approximate surface area is 203 Å². The lowest BCUT2D eigenvalue weighted by Crippen LogP contribution is -2.41. The molecule has 0 saturated carbocycles. The fraction of sp³-hybridized carbons (Fsp3) is 0.231. The second-order valence-electron chi connectivity index (χ2n) is 8.06. The standard InChI is InChI=1S/C26H24Cl2N2O3/c1-17-5-7-18(8-6-17)25(31)29-23(26(32)30-13-3-2-4-14-30)16-20-10-12-24(33-20)21-15-19(27)9-11-22(21)28/h5-12,15-16H,2-4,13-14H2,1H3,(H,29,31)/b23-16-. The molecular formula is C26H24Cl2N2O3. The van der Waals surface area contributed by atoms with E-state index >= 15 is 0 Å². The summed E-state index contributed by atoms with van der Waals surface area (Å²) in [5, 5.41) is 3.83. The molecule has 1 N–H and O–H groups in total. The Morgan fingerprint density at radius 2 is 1.70 bits per heavy atom. The predicted octanol–water partition coefficient (Wildman–Crippen LogP) is 6.35. The number of carbonyl (C=O) groups excluding carboxylic acids is 2. The van der Waals surface area contributed by atoms with Gasteiger partial charge in [0.25, 0.3) is 11.8 Å². The van der Waals surface area contributed by atoms with E-state index in [-0.39, 0.29) is 17.5 Å². The third-order valence-corrected chi connectivity index (χ3v) is 6.11. The molecule has 1 fully saturated rings. The molecule has 33 heavy (non-hydrogen) atoms. The first-order valence-electron chi connectivity index (χ1n) is 10.8. The molecule has 2 heterocycles. The van der Waals surface area contributed by atoms with E-state index in [1.807, 2.05) is 19.1 Å². The first kappa shape index (κ1) is 23.1. The van der Waals surface area contributed by atoms with Gasteiger partial charge in [0.05, 0.1) is 5.02 Å². The van der Waals surface area contributed by atoms with E-state index in [0.29, 0.717) is 45.8 Å². The second-order valence-corrected chi connectivity index (χ2v) is 8.90. The molecule has 1 aliphatic rings. The van der Waals surface area contributed by atoms with Gasteiger partial charge in [0.15, 0.2) is 0 Å². The van der Waals surface area contributed by atoms with Gasteiger partial charge in [-0.3, -0.25) is 9.59 Å². The lowest BCUT2D eigenvalue weighted by atomic mass is 10.1. The fourth-order valence-electron chi connectivity index (χ4n) is 3.72. The zero-order valence-corrected chi connectivity index (χ0v) is 19.7. The first-order chi connectivity index (χ1) is 15.9. The molecule has 1 aliphatic heterocycles. The molecule has 3 aromatic rings. The van der Waals surface area contributed by atoms with E-state index in [2.05, 4.69) is 5.32 Å². The van der Waals surface area contributed by atoms with Crippen molar-refractivity contribution in [2.45, 2.75) is 26.2 Å². The summed E-state index contributed by atoms with van der Waals surface area (Å²) in [6.07, 6.45) is 4.55. The number of carbonyl (C=O) groups is 2. The molecule has 0 radical (unpaired) electrons. The smallest absolute Gasteiger partial charge is 0.270 e. The highest BCUT2D eigenvalue weighted by Gasteiger charge is 2.23. The molecule has 0 bridgehead atoms. The molecule has 0 unspecified atom stereocenters. The van der Waals surface area contributed by atoms with Gasteiger partial charge in [-0.2, -0.15) is 0 Å². The molecule has 1 saturated heterocycles. The van der Waals surface area contributed by atoms with Crippen LogP contribution in [0.25, 0.3) is 17.4 Å². The Balaban J connectivity index is 1.64. The second kappa shape index (κ2) is 10.3. The van der Waals surface area contributed by atoms with E-state index < -0.39 is 0 Å². The van der Waals surface area contributed by atoms with E-state index in [4.69, 9.17) is 27.6 Å². The molecule has 170 valence electrons. The van der Waals surface area contributed by atoms with Crippen LogP contribution in [0.4, 0.5) is 0 Å². The van der Waals surface area contributed by atoms with Crippen molar-refractivity contribution in [1.82, 2.24) is 10.2 Å². The Morgan fingerprint density at radius 1 is 0.970 bits per heavy atom. The minimum atomic E-state index is -0.351. The summed E-state index contributed by atoms with van der Waals surface area (Å²) in [5.41, 5.74) is 2.34. The normalized spacial score (nSPS) is 14.3. The number of likely N-dealkylation sites (tertiary alicyclic amines) is 1. The number of furan rings is 1.